The SMILES string of the molecule is Cc1cc([N+](=O)[O-])cnc1NC(C(N)=O)C(C)C. The quantitative estimate of drug-likeness (QED) is 0.604. The normalized spacial score (nSPS) is 12.2. The number of aryl methyl sites for hydroxylation is 1. The molecule has 18 heavy (non-hydrogen) atoms. The van der Waals surface area contributed by atoms with E-state index in [9.17, 15) is 14.9 Å². The van der Waals surface area contributed by atoms with Crippen molar-refractivity contribution in [2.24, 2.45) is 11.7 Å². The number of anilines is 1. The van der Waals surface area contributed by atoms with Crippen molar-refractivity contribution in [3.63, 3.8) is 0 Å². The minimum absolute atomic E-state index is 0.00103. The lowest BCUT2D eigenvalue weighted by Crippen LogP contribution is -2.39. The number of aromatic nitrogens is 1. The van der Waals surface area contributed by atoms with Crippen LogP contribution in [0.4, 0.5) is 11.5 Å². The zero-order valence-electron chi connectivity index (χ0n) is 10.5. The van der Waals surface area contributed by atoms with Crippen LogP contribution in [0.25, 0.3) is 0 Å². The predicted molar refractivity (Wildman–Crippen MR) is 67.1 cm³/mol. The van der Waals surface area contributed by atoms with Crippen molar-refractivity contribution in [2.45, 2.75) is 26.8 Å². The molecular weight excluding hydrogens is 236 g/mol. The van der Waals surface area contributed by atoms with Gasteiger partial charge < -0.3 is 11.1 Å². The van der Waals surface area contributed by atoms with Crippen LogP contribution in [0.3, 0.4) is 0 Å². The number of primary amides is 1. The van der Waals surface area contributed by atoms with Gasteiger partial charge in [0.05, 0.1) is 4.92 Å². The zero-order valence-corrected chi connectivity index (χ0v) is 10.5. The highest BCUT2D eigenvalue weighted by atomic mass is 16.6. The molecule has 1 rings (SSSR count). The summed E-state index contributed by atoms with van der Waals surface area (Å²) in [6.45, 7) is 5.38. The fourth-order valence-corrected chi connectivity index (χ4v) is 1.52. The Morgan fingerprint density at radius 2 is 2.17 bits per heavy atom. The first kappa shape index (κ1) is 13.9. The van der Waals surface area contributed by atoms with Crippen LogP contribution in [0.5, 0.6) is 0 Å². The highest BCUT2D eigenvalue weighted by molar-refractivity contribution is 5.83. The van der Waals surface area contributed by atoms with E-state index in [0.29, 0.717) is 11.4 Å². The summed E-state index contributed by atoms with van der Waals surface area (Å²) in [6.07, 6.45) is 1.15. The highest BCUT2D eigenvalue weighted by Gasteiger charge is 2.21. The van der Waals surface area contributed by atoms with E-state index >= 15 is 0 Å². The number of nitrogens with zero attached hydrogens (tertiary/aromatic N) is 2. The number of hydrogen-bond acceptors (Lipinski definition) is 5. The van der Waals surface area contributed by atoms with Crippen LogP contribution < -0.4 is 11.1 Å². The molecule has 0 spiro atoms. The minimum Gasteiger partial charge on any atom is -0.368 e. The zero-order chi connectivity index (χ0) is 13.9. The molecular formula is C11H16N4O3. The average Bonchev–Trinajstić information content (AvgIpc) is 2.25. The summed E-state index contributed by atoms with van der Waals surface area (Å²) in [5.74, 6) is -0.0541. The number of carbonyl (C=O) groups is 1. The van der Waals surface area contributed by atoms with Crippen LogP contribution >= 0.6 is 0 Å². The van der Waals surface area contributed by atoms with Crippen LogP contribution in [0.2, 0.25) is 0 Å². The molecule has 1 aromatic heterocycles. The summed E-state index contributed by atoms with van der Waals surface area (Å²) in [6, 6.07) is 0.839. The topological polar surface area (TPSA) is 111 Å². The summed E-state index contributed by atoms with van der Waals surface area (Å²) in [5.41, 5.74) is 5.78. The molecule has 1 amide bonds. The third-order valence-corrected chi connectivity index (χ3v) is 2.54. The Morgan fingerprint density at radius 1 is 1.56 bits per heavy atom. The van der Waals surface area contributed by atoms with E-state index in [1.807, 2.05) is 13.8 Å². The van der Waals surface area contributed by atoms with E-state index in [-0.39, 0.29) is 11.6 Å². The van der Waals surface area contributed by atoms with Crippen molar-refractivity contribution in [3.8, 4) is 0 Å². The molecule has 0 aromatic carbocycles. The lowest BCUT2D eigenvalue weighted by Gasteiger charge is -2.20. The number of rotatable bonds is 5. The summed E-state index contributed by atoms with van der Waals surface area (Å²) in [4.78, 5) is 25.3. The molecule has 0 aliphatic heterocycles. The summed E-state index contributed by atoms with van der Waals surface area (Å²) in [7, 11) is 0. The van der Waals surface area contributed by atoms with E-state index in [1.54, 1.807) is 6.92 Å². The van der Waals surface area contributed by atoms with Crippen molar-refractivity contribution < 1.29 is 9.72 Å². The molecule has 0 aliphatic carbocycles. The van der Waals surface area contributed by atoms with Crippen molar-refractivity contribution in [3.05, 3.63) is 27.9 Å². The fraction of sp³-hybridized carbons (Fsp3) is 0.455. The van der Waals surface area contributed by atoms with Crippen molar-refractivity contribution in [1.82, 2.24) is 4.98 Å². The van der Waals surface area contributed by atoms with Crippen LogP contribution in [0, 0.1) is 23.0 Å². The molecule has 0 bridgehead atoms. The molecule has 1 atom stereocenters. The molecule has 7 nitrogen and oxygen atoms in total. The van der Waals surface area contributed by atoms with Crippen LogP contribution in [-0.4, -0.2) is 21.9 Å². The van der Waals surface area contributed by atoms with Gasteiger partial charge in [0, 0.05) is 6.07 Å². The molecule has 7 heteroatoms. The molecule has 0 fully saturated rings. The molecule has 1 aromatic rings. The second-order valence-corrected chi connectivity index (χ2v) is 4.38. The molecule has 98 valence electrons. The monoisotopic (exact) mass is 252 g/mol. The van der Waals surface area contributed by atoms with E-state index in [2.05, 4.69) is 10.3 Å². The molecule has 3 N–H and O–H groups in total. The predicted octanol–water partition coefficient (Wildman–Crippen LogP) is 1.22. The fourth-order valence-electron chi connectivity index (χ4n) is 1.52. The van der Waals surface area contributed by atoms with Gasteiger partial charge in [-0.25, -0.2) is 4.98 Å². The smallest absolute Gasteiger partial charge is 0.287 e. The van der Waals surface area contributed by atoms with Crippen LogP contribution in [0.1, 0.15) is 19.4 Å². The third kappa shape index (κ3) is 3.16. The standard InChI is InChI=1S/C11H16N4O3/c1-6(2)9(10(12)16)14-11-7(3)4-8(5-13-11)15(17)18/h4-6,9H,1-3H3,(H2,12,16)(H,13,14). The van der Waals surface area contributed by atoms with Gasteiger partial charge in [-0.2, -0.15) is 0 Å². The first-order valence-corrected chi connectivity index (χ1v) is 5.49. The number of hydrogen-bond donors (Lipinski definition) is 2. The van der Waals surface area contributed by atoms with Gasteiger partial charge in [0.2, 0.25) is 5.91 Å². The number of nitrogens with one attached hydrogen (secondary N) is 1. The van der Waals surface area contributed by atoms with Gasteiger partial charge in [-0.1, -0.05) is 13.8 Å². The second-order valence-electron chi connectivity index (χ2n) is 4.38. The Hall–Kier alpha value is -2.18. The first-order chi connectivity index (χ1) is 8.32. The number of carbonyl (C=O) groups excluding carboxylic acids is 1. The van der Waals surface area contributed by atoms with Gasteiger partial charge in [0.15, 0.2) is 0 Å². The maximum absolute atomic E-state index is 11.3. The average molecular weight is 252 g/mol. The molecule has 1 heterocycles. The maximum Gasteiger partial charge on any atom is 0.287 e. The van der Waals surface area contributed by atoms with Crippen molar-refractivity contribution in [2.75, 3.05) is 5.32 Å². The molecule has 0 radical (unpaired) electrons. The Bertz CT molecular complexity index is 473. The highest BCUT2D eigenvalue weighted by Crippen LogP contribution is 2.19. The molecule has 0 saturated carbocycles. The Morgan fingerprint density at radius 3 is 2.56 bits per heavy atom. The molecule has 1 unspecified atom stereocenters. The lowest BCUT2D eigenvalue weighted by molar-refractivity contribution is -0.385. The largest absolute Gasteiger partial charge is 0.368 e. The second kappa shape index (κ2) is 5.44. The van der Waals surface area contributed by atoms with Gasteiger partial charge in [0.25, 0.3) is 5.69 Å². The van der Waals surface area contributed by atoms with E-state index in [1.165, 1.54) is 6.07 Å². The van der Waals surface area contributed by atoms with Gasteiger partial charge in [-0.05, 0) is 18.4 Å². The summed E-state index contributed by atoms with van der Waals surface area (Å²) in [5, 5.41) is 13.5. The number of nitro groups is 1. The van der Waals surface area contributed by atoms with Crippen molar-refractivity contribution in [1.29, 1.82) is 0 Å². The van der Waals surface area contributed by atoms with Gasteiger partial charge in [-0.3, -0.25) is 14.9 Å². The Kier molecular flexibility index (Phi) is 4.19. The van der Waals surface area contributed by atoms with Crippen LogP contribution in [0.15, 0.2) is 12.3 Å². The maximum atomic E-state index is 11.3. The van der Waals surface area contributed by atoms with Crippen molar-refractivity contribution >= 4 is 17.4 Å². The molecule has 0 saturated heterocycles. The minimum atomic E-state index is -0.558. The Balaban J connectivity index is 2.97. The third-order valence-electron chi connectivity index (χ3n) is 2.54. The van der Waals surface area contributed by atoms with E-state index in [0.717, 1.165) is 6.20 Å². The van der Waals surface area contributed by atoms with E-state index in [4.69, 9.17) is 5.73 Å². The number of pyridine rings is 1. The number of amides is 1. The van der Waals surface area contributed by atoms with Gasteiger partial charge in [-0.15, -0.1) is 0 Å². The number of nitrogens with two attached hydrogens (primary N) is 1. The summed E-state index contributed by atoms with van der Waals surface area (Å²) < 4.78 is 0. The Labute approximate surface area is 105 Å². The van der Waals surface area contributed by atoms with Gasteiger partial charge >= 0.3 is 0 Å². The van der Waals surface area contributed by atoms with Gasteiger partial charge in [0.1, 0.15) is 18.1 Å². The lowest BCUT2D eigenvalue weighted by atomic mass is 10.0. The summed E-state index contributed by atoms with van der Waals surface area (Å²) >= 11 is 0. The van der Waals surface area contributed by atoms with E-state index < -0.39 is 16.9 Å². The first-order valence-electron chi connectivity index (χ1n) is 5.49. The molecule has 0 aliphatic rings. The van der Waals surface area contributed by atoms with Crippen LogP contribution in [-0.2, 0) is 4.79 Å².